The number of ether oxygens (including phenoxy) is 1. The molecule has 0 bridgehead atoms. The number of ketones is 1. The molecule has 5 nitrogen and oxygen atoms in total. The highest BCUT2D eigenvalue weighted by molar-refractivity contribution is 6.07. The van der Waals surface area contributed by atoms with Crippen molar-refractivity contribution >= 4 is 17.4 Å². The third-order valence-electron chi connectivity index (χ3n) is 2.80. The molecule has 0 radical (unpaired) electrons. The number of hydrogen-bond donors (Lipinski definition) is 2. The summed E-state index contributed by atoms with van der Waals surface area (Å²) in [6.45, 7) is 1.34. The van der Waals surface area contributed by atoms with Crippen LogP contribution in [0.5, 0.6) is 5.75 Å². The summed E-state index contributed by atoms with van der Waals surface area (Å²) in [7, 11) is 1.50. The van der Waals surface area contributed by atoms with Gasteiger partial charge in [0.25, 0.3) is 5.91 Å². The van der Waals surface area contributed by atoms with Gasteiger partial charge in [0.15, 0.2) is 5.60 Å². The van der Waals surface area contributed by atoms with Crippen LogP contribution in [0, 0.1) is 0 Å². The molecule has 1 amide bonds. The number of methoxy groups -OCH3 is 1. The van der Waals surface area contributed by atoms with E-state index in [9.17, 15) is 14.7 Å². The SMILES string of the molecule is COc1ccc2c(c1)[C@@](O)(CC(C)=O)C(=O)N2. The van der Waals surface area contributed by atoms with Crippen molar-refractivity contribution < 1.29 is 19.4 Å². The normalized spacial score (nSPS) is 21.9. The van der Waals surface area contributed by atoms with Crippen molar-refractivity contribution in [2.45, 2.75) is 18.9 Å². The standard InChI is InChI=1S/C12H13NO4/c1-7(14)6-12(16)9-5-8(17-2)3-4-10(9)13-11(12)15/h3-5,16H,6H2,1-2H3,(H,13,15)/t12-/m0/s1. The van der Waals surface area contributed by atoms with E-state index in [1.807, 2.05) is 0 Å². The van der Waals surface area contributed by atoms with Crippen LogP contribution in [-0.4, -0.2) is 23.9 Å². The largest absolute Gasteiger partial charge is 0.497 e. The molecular weight excluding hydrogens is 222 g/mol. The van der Waals surface area contributed by atoms with Gasteiger partial charge >= 0.3 is 0 Å². The van der Waals surface area contributed by atoms with Gasteiger partial charge in [-0.05, 0) is 25.1 Å². The second-order valence-electron chi connectivity index (χ2n) is 4.10. The molecule has 2 rings (SSSR count). The zero-order valence-corrected chi connectivity index (χ0v) is 9.61. The number of aliphatic hydroxyl groups is 1. The number of carbonyl (C=O) groups excluding carboxylic acids is 2. The lowest BCUT2D eigenvalue weighted by Gasteiger charge is -2.19. The second kappa shape index (κ2) is 3.85. The van der Waals surface area contributed by atoms with Crippen LogP contribution < -0.4 is 10.1 Å². The Bertz CT molecular complexity index is 497. The first kappa shape index (κ1) is 11.6. The molecule has 0 aliphatic carbocycles. The fourth-order valence-corrected chi connectivity index (χ4v) is 1.99. The van der Waals surface area contributed by atoms with Gasteiger partial charge in [0.1, 0.15) is 11.5 Å². The molecule has 90 valence electrons. The van der Waals surface area contributed by atoms with Crippen LogP contribution in [0.4, 0.5) is 5.69 Å². The molecular formula is C12H13NO4. The van der Waals surface area contributed by atoms with E-state index in [1.54, 1.807) is 18.2 Å². The van der Waals surface area contributed by atoms with E-state index in [1.165, 1.54) is 14.0 Å². The first-order valence-corrected chi connectivity index (χ1v) is 5.19. The quantitative estimate of drug-likeness (QED) is 0.813. The van der Waals surface area contributed by atoms with Gasteiger partial charge in [-0.3, -0.25) is 9.59 Å². The van der Waals surface area contributed by atoms with Crippen molar-refractivity contribution in [1.29, 1.82) is 0 Å². The Morgan fingerprint density at radius 1 is 1.53 bits per heavy atom. The molecule has 1 aliphatic heterocycles. The lowest BCUT2D eigenvalue weighted by Crippen LogP contribution is -2.36. The number of rotatable bonds is 3. The van der Waals surface area contributed by atoms with Crippen molar-refractivity contribution in [3.8, 4) is 5.75 Å². The smallest absolute Gasteiger partial charge is 0.261 e. The van der Waals surface area contributed by atoms with Crippen LogP contribution in [0.15, 0.2) is 18.2 Å². The summed E-state index contributed by atoms with van der Waals surface area (Å²) in [6.07, 6.45) is -0.237. The predicted octanol–water partition coefficient (Wildman–Crippen LogP) is 0.814. The van der Waals surface area contributed by atoms with E-state index in [0.717, 1.165) is 0 Å². The monoisotopic (exact) mass is 235 g/mol. The zero-order valence-electron chi connectivity index (χ0n) is 9.61. The average molecular weight is 235 g/mol. The Labute approximate surface area is 98.4 Å². The minimum Gasteiger partial charge on any atom is -0.497 e. The first-order chi connectivity index (χ1) is 7.97. The molecule has 0 spiro atoms. The van der Waals surface area contributed by atoms with Crippen LogP contribution in [0.3, 0.4) is 0 Å². The second-order valence-corrected chi connectivity index (χ2v) is 4.10. The van der Waals surface area contributed by atoms with Crippen molar-refractivity contribution in [2.24, 2.45) is 0 Å². The van der Waals surface area contributed by atoms with Crippen LogP contribution in [0.1, 0.15) is 18.9 Å². The van der Waals surface area contributed by atoms with Crippen LogP contribution in [-0.2, 0) is 15.2 Å². The molecule has 0 saturated heterocycles. The molecule has 1 aliphatic rings. The minimum atomic E-state index is -1.78. The van der Waals surface area contributed by atoms with Crippen molar-refractivity contribution in [3.05, 3.63) is 23.8 Å². The van der Waals surface area contributed by atoms with Gasteiger partial charge in [-0.1, -0.05) is 0 Å². The average Bonchev–Trinajstić information content (AvgIpc) is 2.50. The molecule has 1 heterocycles. The lowest BCUT2D eigenvalue weighted by molar-refractivity contribution is -0.139. The topological polar surface area (TPSA) is 75.6 Å². The Morgan fingerprint density at radius 2 is 2.24 bits per heavy atom. The van der Waals surface area contributed by atoms with Crippen LogP contribution in [0.25, 0.3) is 0 Å². The van der Waals surface area contributed by atoms with E-state index in [4.69, 9.17) is 4.74 Å². The van der Waals surface area contributed by atoms with Gasteiger partial charge in [0.05, 0.1) is 7.11 Å². The van der Waals surface area contributed by atoms with Crippen LogP contribution in [0.2, 0.25) is 0 Å². The van der Waals surface area contributed by atoms with Crippen molar-refractivity contribution in [1.82, 2.24) is 0 Å². The van der Waals surface area contributed by atoms with Gasteiger partial charge in [-0.25, -0.2) is 0 Å². The Hall–Kier alpha value is -1.88. The van der Waals surface area contributed by atoms with Crippen LogP contribution >= 0.6 is 0 Å². The van der Waals surface area contributed by atoms with Gasteiger partial charge < -0.3 is 15.2 Å². The summed E-state index contributed by atoms with van der Waals surface area (Å²) in [5.74, 6) is -0.295. The number of nitrogens with one attached hydrogen (secondary N) is 1. The summed E-state index contributed by atoms with van der Waals surface area (Å²) in [6, 6.07) is 4.89. The molecule has 0 aromatic heterocycles. The molecule has 0 unspecified atom stereocenters. The van der Waals surface area contributed by atoms with Crippen molar-refractivity contribution in [3.63, 3.8) is 0 Å². The third-order valence-corrected chi connectivity index (χ3v) is 2.80. The Balaban J connectivity index is 2.51. The number of amides is 1. The van der Waals surface area contributed by atoms with Gasteiger partial charge in [0, 0.05) is 17.7 Å². The molecule has 0 saturated carbocycles. The number of hydrogen-bond acceptors (Lipinski definition) is 4. The highest BCUT2D eigenvalue weighted by Crippen LogP contribution is 2.40. The fraction of sp³-hybridized carbons (Fsp3) is 0.333. The Kier molecular flexibility index (Phi) is 2.63. The molecule has 1 atom stereocenters. The van der Waals surface area contributed by atoms with Gasteiger partial charge in [0.2, 0.25) is 0 Å². The Morgan fingerprint density at radius 3 is 2.82 bits per heavy atom. The van der Waals surface area contributed by atoms with Gasteiger partial charge in [-0.2, -0.15) is 0 Å². The number of Topliss-reactive ketones (excluding diaryl/α,β-unsaturated/α-hetero) is 1. The van der Waals surface area contributed by atoms with E-state index in [-0.39, 0.29) is 12.2 Å². The number of carbonyl (C=O) groups is 2. The van der Waals surface area contributed by atoms with Gasteiger partial charge in [-0.15, -0.1) is 0 Å². The highest BCUT2D eigenvalue weighted by atomic mass is 16.5. The molecule has 1 aromatic rings. The molecule has 2 N–H and O–H groups in total. The molecule has 5 heteroatoms. The lowest BCUT2D eigenvalue weighted by atomic mass is 9.90. The summed E-state index contributed by atoms with van der Waals surface area (Å²) in [5, 5.41) is 12.9. The zero-order chi connectivity index (χ0) is 12.6. The summed E-state index contributed by atoms with van der Waals surface area (Å²) in [4.78, 5) is 22.9. The van der Waals surface area contributed by atoms with E-state index < -0.39 is 11.5 Å². The number of fused-ring (bicyclic) bond motifs is 1. The molecule has 1 aromatic carbocycles. The fourth-order valence-electron chi connectivity index (χ4n) is 1.99. The maximum atomic E-state index is 11.7. The first-order valence-electron chi connectivity index (χ1n) is 5.19. The van der Waals surface area contributed by atoms with E-state index in [0.29, 0.717) is 17.0 Å². The maximum Gasteiger partial charge on any atom is 0.261 e. The van der Waals surface area contributed by atoms with E-state index in [2.05, 4.69) is 5.32 Å². The number of benzene rings is 1. The number of anilines is 1. The predicted molar refractivity (Wildman–Crippen MR) is 60.8 cm³/mol. The van der Waals surface area contributed by atoms with E-state index >= 15 is 0 Å². The summed E-state index contributed by atoms with van der Waals surface area (Å²) in [5.41, 5.74) is -0.882. The maximum absolute atomic E-state index is 11.7. The highest BCUT2D eigenvalue weighted by Gasteiger charge is 2.46. The third kappa shape index (κ3) is 1.78. The summed E-state index contributed by atoms with van der Waals surface area (Å²) >= 11 is 0. The molecule has 0 fully saturated rings. The van der Waals surface area contributed by atoms with Crippen molar-refractivity contribution in [2.75, 3.05) is 12.4 Å². The summed E-state index contributed by atoms with van der Waals surface area (Å²) < 4.78 is 5.04. The molecule has 17 heavy (non-hydrogen) atoms. The minimum absolute atomic E-state index is 0.237.